The molecule has 2 aromatic rings. The fourth-order valence-electron chi connectivity index (χ4n) is 1.36. The Kier molecular flexibility index (Phi) is 3.16. The van der Waals surface area contributed by atoms with Gasteiger partial charge in [0.05, 0.1) is 18.8 Å². The Morgan fingerprint density at radius 1 is 1.62 bits per heavy atom. The molecule has 0 aromatic carbocycles. The number of ether oxygens (including phenoxy) is 1. The van der Waals surface area contributed by atoms with E-state index < -0.39 is 0 Å². The van der Waals surface area contributed by atoms with Crippen LogP contribution in [0.5, 0.6) is 0 Å². The van der Waals surface area contributed by atoms with E-state index in [1.807, 2.05) is 17.6 Å². The Morgan fingerprint density at radius 2 is 2.44 bits per heavy atom. The van der Waals surface area contributed by atoms with Crippen LogP contribution in [0.25, 0.3) is 11.6 Å². The molecule has 86 valence electrons. The van der Waals surface area contributed by atoms with Crippen LogP contribution in [0.4, 0.5) is 0 Å². The van der Waals surface area contributed by atoms with Gasteiger partial charge in [0, 0.05) is 13.2 Å². The molecule has 0 fully saturated rings. The van der Waals surface area contributed by atoms with E-state index >= 15 is 0 Å². The number of H-pyrrole nitrogens is 1. The average Bonchev–Trinajstić information content (AvgIpc) is 2.82. The molecule has 7 heteroatoms. The smallest absolute Gasteiger partial charge is 0.204 e. The van der Waals surface area contributed by atoms with Gasteiger partial charge in [-0.2, -0.15) is 5.10 Å². The first kappa shape index (κ1) is 11.0. The minimum atomic E-state index is 0.543. The minimum absolute atomic E-state index is 0.543. The summed E-state index contributed by atoms with van der Waals surface area (Å²) in [5, 5.41) is 10.7. The Balaban J connectivity index is 2.37. The molecule has 0 aliphatic heterocycles. The van der Waals surface area contributed by atoms with E-state index in [0.29, 0.717) is 29.5 Å². The summed E-state index contributed by atoms with van der Waals surface area (Å²) in [6.07, 6.45) is 0. The van der Waals surface area contributed by atoms with Crippen molar-refractivity contribution in [2.75, 3.05) is 13.7 Å². The van der Waals surface area contributed by atoms with E-state index in [4.69, 9.17) is 21.5 Å². The summed E-state index contributed by atoms with van der Waals surface area (Å²) >= 11 is 5.12. The highest BCUT2D eigenvalue weighted by Gasteiger charge is 2.12. The standard InChI is InChI=1S/C9H12N4O2S/c1-6-5-7(15-12-6)8-10-11-9(16)13(8)3-4-14-2/h5H,3-4H2,1-2H3,(H,11,16). The van der Waals surface area contributed by atoms with Gasteiger partial charge in [0.25, 0.3) is 0 Å². The predicted molar refractivity (Wildman–Crippen MR) is 59.5 cm³/mol. The zero-order valence-electron chi connectivity index (χ0n) is 9.06. The molecular weight excluding hydrogens is 228 g/mol. The van der Waals surface area contributed by atoms with E-state index in [-0.39, 0.29) is 0 Å². The van der Waals surface area contributed by atoms with Crippen molar-refractivity contribution >= 4 is 12.2 Å². The van der Waals surface area contributed by atoms with Crippen molar-refractivity contribution in [3.63, 3.8) is 0 Å². The molecule has 16 heavy (non-hydrogen) atoms. The highest BCUT2D eigenvalue weighted by Crippen LogP contribution is 2.17. The van der Waals surface area contributed by atoms with Gasteiger partial charge in [-0.1, -0.05) is 5.16 Å². The van der Waals surface area contributed by atoms with Gasteiger partial charge in [-0.3, -0.25) is 9.67 Å². The summed E-state index contributed by atoms with van der Waals surface area (Å²) in [5.41, 5.74) is 0.808. The maximum Gasteiger partial charge on any atom is 0.204 e. The Morgan fingerprint density at radius 3 is 3.06 bits per heavy atom. The largest absolute Gasteiger partial charge is 0.383 e. The molecule has 0 spiro atoms. The summed E-state index contributed by atoms with van der Waals surface area (Å²) in [5.74, 6) is 1.24. The van der Waals surface area contributed by atoms with Crippen LogP contribution in [0.3, 0.4) is 0 Å². The number of nitrogens with one attached hydrogen (secondary N) is 1. The predicted octanol–water partition coefficient (Wildman–Crippen LogP) is 1.55. The Hall–Kier alpha value is -1.47. The van der Waals surface area contributed by atoms with Gasteiger partial charge in [0.1, 0.15) is 0 Å². The lowest BCUT2D eigenvalue weighted by atomic mass is 10.3. The second-order valence-corrected chi connectivity index (χ2v) is 3.72. The molecule has 0 aliphatic rings. The zero-order chi connectivity index (χ0) is 11.5. The second kappa shape index (κ2) is 4.58. The summed E-state index contributed by atoms with van der Waals surface area (Å²) in [6, 6.07) is 1.81. The highest BCUT2D eigenvalue weighted by atomic mass is 32.1. The van der Waals surface area contributed by atoms with Crippen molar-refractivity contribution in [1.82, 2.24) is 19.9 Å². The van der Waals surface area contributed by atoms with E-state index in [2.05, 4.69) is 15.4 Å². The first-order valence-electron chi connectivity index (χ1n) is 4.80. The van der Waals surface area contributed by atoms with Crippen molar-refractivity contribution < 1.29 is 9.26 Å². The van der Waals surface area contributed by atoms with Crippen LogP contribution in [0, 0.1) is 11.7 Å². The van der Waals surface area contributed by atoms with Crippen LogP contribution in [-0.4, -0.2) is 33.6 Å². The second-order valence-electron chi connectivity index (χ2n) is 3.33. The van der Waals surface area contributed by atoms with Crippen LogP contribution in [0.2, 0.25) is 0 Å². The van der Waals surface area contributed by atoms with Crippen LogP contribution in [0.1, 0.15) is 5.69 Å². The molecule has 6 nitrogen and oxygen atoms in total. The molecule has 2 heterocycles. The van der Waals surface area contributed by atoms with Gasteiger partial charge >= 0.3 is 0 Å². The van der Waals surface area contributed by atoms with Crippen molar-refractivity contribution in [2.24, 2.45) is 0 Å². The van der Waals surface area contributed by atoms with E-state index in [9.17, 15) is 0 Å². The number of aryl methyl sites for hydroxylation is 1. The fraction of sp³-hybridized carbons (Fsp3) is 0.444. The SMILES string of the molecule is COCCn1c(-c2cc(C)no2)n[nH]c1=S. The number of aromatic nitrogens is 4. The van der Waals surface area contributed by atoms with E-state index in [1.165, 1.54) is 0 Å². The summed E-state index contributed by atoms with van der Waals surface area (Å²) in [6.45, 7) is 3.04. The molecule has 0 unspecified atom stereocenters. The van der Waals surface area contributed by atoms with Crippen LogP contribution in [-0.2, 0) is 11.3 Å². The lowest BCUT2D eigenvalue weighted by molar-refractivity contribution is 0.187. The average molecular weight is 240 g/mol. The highest BCUT2D eigenvalue weighted by molar-refractivity contribution is 7.71. The zero-order valence-corrected chi connectivity index (χ0v) is 9.87. The Bertz CT molecular complexity index is 528. The maximum atomic E-state index is 5.14. The van der Waals surface area contributed by atoms with Gasteiger partial charge < -0.3 is 9.26 Å². The lowest BCUT2D eigenvalue weighted by Crippen LogP contribution is -2.05. The van der Waals surface area contributed by atoms with Crippen LogP contribution in [0.15, 0.2) is 10.6 Å². The number of aromatic amines is 1. The first-order valence-corrected chi connectivity index (χ1v) is 5.21. The van der Waals surface area contributed by atoms with Crippen LogP contribution >= 0.6 is 12.2 Å². The third-order valence-electron chi connectivity index (χ3n) is 2.13. The van der Waals surface area contributed by atoms with Gasteiger partial charge in [-0.15, -0.1) is 0 Å². The quantitative estimate of drug-likeness (QED) is 0.821. The Labute approximate surface area is 97.2 Å². The molecular formula is C9H12N4O2S. The minimum Gasteiger partial charge on any atom is -0.383 e. The molecule has 0 bridgehead atoms. The monoisotopic (exact) mass is 240 g/mol. The summed E-state index contributed by atoms with van der Waals surface area (Å²) in [4.78, 5) is 0. The lowest BCUT2D eigenvalue weighted by Gasteiger charge is -2.02. The molecule has 0 radical (unpaired) electrons. The molecule has 0 atom stereocenters. The fourth-order valence-corrected chi connectivity index (χ4v) is 1.59. The third-order valence-corrected chi connectivity index (χ3v) is 2.44. The number of methoxy groups -OCH3 is 1. The van der Waals surface area contributed by atoms with Gasteiger partial charge in [-0.05, 0) is 19.1 Å². The van der Waals surface area contributed by atoms with Crippen molar-refractivity contribution in [3.8, 4) is 11.6 Å². The molecule has 0 saturated carbocycles. The number of nitrogens with zero attached hydrogens (tertiary/aromatic N) is 3. The van der Waals surface area contributed by atoms with E-state index in [1.54, 1.807) is 7.11 Å². The maximum absolute atomic E-state index is 5.14. The molecule has 0 aliphatic carbocycles. The number of hydrogen-bond donors (Lipinski definition) is 1. The number of rotatable bonds is 4. The van der Waals surface area contributed by atoms with E-state index in [0.717, 1.165) is 5.69 Å². The third kappa shape index (κ3) is 2.05. The molecule has 0 saturated heterocycles. The molecule has 2 aromatic heterocycles. The molecule has 1 N–H and O–H groups in total. The van der Waals surface area contributed by atoms with Crippen molar-refractivity contribution in [2.45, 2.75) is 13.5 Å². The summed E-state index contributed by atoms with van der Waals surface area (Å²) in [7, 11) is 1.64. The number of hydrogen-bond acceptors (Lipinski definition) is 5. The topological polar surface area (TPSA) is 68.9 Å². The summed E-state index contributed by atoms with van der Waals surface area (Å²) < 4.78 is 12.5. The van der Waals surface area contributed by atoms with Crippen molar-refractivity contribution in [3.05, 3.63) is 16.5 Å². The molecule has 2 rings (SSSR count). The normalized spacial score (nSPS) is 10.9. The van der Waals surface area contributed by atoms with Gasteiger partial charge in [-0.25, -0.2) is 0 Å². The first-order chi connectivity index (χ1) is 7.72. The molecule has 0 amide bonds. The van der Waals surface area contributed by atoms with Gasteiger partial charge in [0.2, 0.25) is 11.6 Å². The van der Waals surface area contributed by atoms with Crippen molar-refractivity contribution in [1.29, 1.82) is 0 Å². The van der Waals surface area contributed by atoms with Crippen LogP contribution < -0.4 is 0 Å². The van der Waals surface area contributed by atoms with Gasteiger partial charge in [0.15, 0.2) is 4.77 Å².